The quantitative estimate of drug-likeness (QED) is 0.745. The number of carboxylic acids is 1. The fourth-order valence-corrected chi connectivity index (χ4v) is 1.64. The highest BCUT2D eigenvalue weighted by Gasteiger charge is 2.08. The van der Waals surface area contributed by atoms with Crippen LogP contribution >= 0.6 is 0 Å². The largest absolute Gasteiger partial charge is 0.478 e. The molecule has 2 aromatic rings. The van der Waals surface area contributed by atoms with E-state index in [0.717, 1.165) is 0 Å². The number of amides is 2. The highest BCUT2D eigenvalue weighted by Crippen LogP contribution is 2.08. The Kier molecular flexibility index (Phi) is 4.44. The van der Waals surface area contributed by atoms with Gasteiger partial charge in [-0.3, -0.25) is 4.98 Å². The van der Waals surface area contributed by atoms with Crippen molar-refractivity contribution in [3.05, 3.63) is 36.2 Å². The van der Waals surface area contributed by atoms with Crippen LogP contribution in [-0.2, 0) is 13.1 Å². The number of anilines is 1. The maximum atomic E-state index is 11.7. The van der Waals surface area contributed by atoms with Gasteiger partial charge in [-0.2, -0.15) is 0 Å². The average Bonchev–Trinajstić information content (AvgIpc) is 2.93. The van der Waals surface area contributed by atoms with Crippen molar-refractivity contribution in [2.75, 3.05) is 5.32 Å². The molecule has 2 heterocycles. The normalized spacial score (nSPS) is 10.1. The van der Waals surface area contributed by atoms with Crippen molar-refractivity contribution in [1.29, 1.82) is 0 Å². The summed E-state index contributed by atoms with van der Waals surface area (Å²) in [5.41, 5.74) is 0.294. The third kappa shape index (κ3) is 3.75. The predicted molar refractivity (Wildman–Crippen MR) is 72.8 cm³/mol. The van der Waals surface area contributed by atoms with Crippen molar-refractivity contribution in [2.45, 2.75) is 20.0 Å². The number of aromatic nitrogens is 4. The number of carbonyl (C=O) groups is 2. The molecule has 2 aromatic heterocycles. The third-order valence-electron chi connectivity index (χ3n) is 2.69. The van der Waals surface area contributed by atoms with Crippen LogP contribution in [-0.4, -0.2) is 36.9 Å². The van der Waals surface area contributed by atoms with Crippen LogP contribution in [0.4, 0.5) is 10.5 Å². The summed E-state index contributed by atoms with van der Waals surface area (Å²) in [5.74, 6) is -0.479. The summed E-state index contributed by atoms with van der Waals surface area (Å²) in [6.07, 6.45) is 4.14. The SMILES string of the molecule is CCn1cnnc1CNC(=O)Nc1cncc(C(=O)O)c1. The molecule has 9 nitrogen and oxygen atoms in total. The van der Waals surface area contributed by atoms with Crippen LogP contribution < -0.4 is 10.6 Å². The summed E-state index contributed by atoms with van der Waals surface area (Å²) in [6, 6.07) is 0.841. The van der Waals surface area contributed by atoms with Crippen molar-refractivity contribution in [1.82, 2.24) is 25.1 Å². The van der Waals surface area contributed by atoms with Crippen LogP contribution in [0, 0.1) is 0 Å². The van der Waals surface area contributed by atoms with Crippen LogP contribution in [0.2, 0.25) is 0 Å². The Morgan fingerprint density at radius 1 is 1.38 bits per heavy atom. The number of aryl methyl sites for hydroxylation is 1. The number of hydrogen-bond donors (Lipinski definition) is 3. The molecule has 2 rings (SSSR count). The fraction of sp³-hybridized carbons (Fsp3) is 0.250. The average molecular weight is 290 g/mol. The van der Waals surface area contributed by atoms with E-state index in [1.54, 1.807) is 10.9 Å². The van der Waals surface area contributed by atoms with Gasteiger partial charge in [0, 0.05) is 12.7 Å². The van der Waals surface area contributed by atoms with E-state index in [9.17, 15) is 9.59 Å². The molecule has 3 N–H and O–H groups in total. The van der Waals surface area contributed by atoms with Gasteiger partial charge >= 0.3 is 12.0 Å². The highest BCUT2D eigenvalue weighted by molar-refractivity contribution is 5.92. The Morgan fingerprint density at radius 3 is 2.90 bits per heavy atom. The summed E-state index contributed by atoms with van der Waals surface area (Å²) < 4.78 is 1.80. The zero-order chi connectivity index (χ0) is 15.2. The van der Waals surface area contributed by atoms with E-state index in [2.05, 4.69) is 25.8 Å². The topological polar surface area (TPSA) is 122 Å². The number of nitrogens with zero attached hydrogens (tertiary/aromatic N) is 4. The molecule has 0 spiro atoms. The van der Waals surface area contributed by atoms with E-state index >= 15 is 0 Å². The van der Waals surface area contributed by atoms with Crippen LogP contribution in [0.3, 0.4) is 0 Å². The number of urea groups is 1. The Labute approximate surface area is 120 Å². The zero-order valence-corrected chi connectivity index (χ0v) is 11.3. The molecule has 0 fully saturated rings. The lowest BCUT2D eigenvalue weighted by molar-refractivity contribution is 0.0696. The Bertz CT molecular complexity index is 654. The Hall–Kier alpha value is -2.97. The summed E-state index contributed by atoms with van der Waals surface area (Å²) >= 11 is 0. The summed E-state index contributed by atoms with van der Waals surface area (Å²) in [5, 5.41) is 21.6. The van der Waals surface area contributed by atoms with Gasteiger partial charge in [0.1, 0.15) is 6.33 Å². The molecule has 0 unspecified atom stereocenters. The van der Waals surface area contributed by atoms with E-state index in [1.165, 1.54) is 18.5 Å². The summed E-state index contributed by atoms with van der Waals surface area (Å²) in [6.45, 7) is 2.86. The molecule has 0 saturated carbocycles. The van der Waals surface area contributed by atoms with Crippen molar-refractivity contribution in [2.24, 2.45) is 0 Å². The lowest BCUT2D eigenvalue weighted by atomic mass is 10.3. The minimum Gasteiger partial charge on any atom is -0.478 e. The van der Waals surface area contributed by atoms with Crippen molar-refractivity contribution < 1.29 is 14.7 Å². The first-order valence-electron chi connectivity index (χ1n) is 6.20. The smallest absolute Gasteiger partial charge is 0.337 e. The zero-order valence-electron chi connectivity index (χ0n) is 11.3. The lowest BCUT2D eigenvalue weighted by Crippen LogP contribution is -2.29. The number of rotatable bonds is 5. The van der Waals surface area contributed by atoms with Gasteiger partial charge in [-0.1, -0.05) is 0 Å². The van der Waals surface area contributed by atoms with E-state index < -0.39 is 12.0 Å². The number of carbonyl (C=O) groups excluding carboxylic acids is 1. The Balaban J connectivity index is 1.93. The minimum absolute atomic E-state index is 0.00136. The van der Waals surface area contributed by atoms with Crippen molar-refractivity contribution in [3.8, 4) is 0 Å². The predicted octanol–water partition coefficient (Wildman–Crippen LogP) is 0.713. The van der Waals surface area contributed by atoms with Crippen molar-refractivity contribution >= 4 is 17.7 Å². The van der Waals surface area contributed by atoms with Crippen molar-refractivity contribution in [3.63, 3.8) is 0 Å². The van der Waals surface area contributed by atoms with Gasteiger partial charge in [0.25, 0.3) is 0 Å². The monoisotopic (exact) mass is 290 g/mol. The number of aromatic carboxylic acids is 1. The molecule has 110 valence electrons. The van der Waals surface area contributed by atoms with Gasteiger partial charge in [-0.25, -0.2) is 9.59 Å². The third-order valence-corrected chi connectivity index (χ3v) is 2.69. The number of hydrogen-bond acceptors (Lipinski definition) is 5. The molecule has 0 aliphatic rings. The maximum Gasteiger partial charge on any atom is 0.337 e. The van der Waals surface area contributed by atoms with Gasteiger partial charge in [-0.05, 0) is 13.0 Å². The van der Waals surface area contributed by atoms with Crippen LogP contribution in [0.5, 0.6) is 0 Å². The Morgan fingerprint density at radius 2 is 2.19 bits per heavy atom. The van der Waals surface area contributed by atoms with Gasteiger partial charge in [0.05, 0.1) is 24.0 Å². The van der Waals surface area contributed by atoms with Gasteiger partial charge in [0.2, 0.25) is 0 Å². The number of nitrogens with one attached hydrogen (secondary N) is 2. The molecule has 2 amide bonds. The summed E-state index contributed by atoms with van der Waals surface area (Å²) in [4.78, 5) is 26.3. The standard InChI is InChI=1S/C12H14N6O3/c1-2-18-7-15-17-10(18)6-14-12(21)16-9-3-8(11(19)20)4-13-5-9/h3-5,7H,2,6H2,1H3,(H,19,20)(H2,14,16,21). The molecule has 0 aliphatic carbocycles. The lowest BCUT2D eigenvalue weighted by Gasteiger charge is -2.08. The molecule has 0 aromatic carbocycles. The van der Waals surface area contributed by atoms with E-state index in [4.69, 9.17) is 5.11 Å². The first-order chi connectivity index (χ1) is 10.1. The number of pyridine rings is 1. The molecular weight excluding hydrogens is 276 g/mol. The molecule has 21 heavy (non-hydrogen) atoms. The maximum absolute atomic E-state index is 11.7. The van der Waals surface area contributed by atoms with E-state index in [1.807, 2.05) is 6.92 Å². The molecule has 0 bridgehead atoms. The van der Waals surface area contributed by atoms with Gasteiger partial charge in [-0.15, -0.1) is 10.2 Å². The van der Waals surface area contributed by atoms with Crippen LogP contribution in [0.25, 0.3) is 0 Å². The first kappa shape index (κ1) is 14.4. The second kappa shape index (κ2) is 6.46. The van der Waals surface area contributed by atoms with Gasteiger partial charge < -0.3 is 20.3 Å². The van der Waals surface area contributed by atoms with E-state index in [-0.39, 0.29) is 12.1 Å². The molecule has 0 atom stereocenters. The summed E-state index contributed by atoms with van der Waals surface area (Å²) in [7, 11) is 0. The van der Waals surface area contributed by atoms with Gasteiger partial charge in [0.15, 0.2) is 5.82 Å². The second-order valence-electron chi connectivity index (χ2n) is 4.11. The molecule has 0 saturated heterocycles. The highest BCUT2D eigenvalue weighted by atomic mass is 16.4. The second-order valence-corrected chi connectivity index (χ2v) is 4.11. The van der Waals surface area contributed by atoms with Crippen LogP contribution in [0.1, 0.15) is 23.1 Å². The minimum atomic E-state index is -1.11. The molecule has 0 aliphatic heterocycles. The van der Waals surface area contributed by atoms with Crippen LogP contribution in [0.15, 0.2) is 24.8 Å². The fourth-order valence-electron chi connectivity index (χ4n) is 1.64. The first-order valence-corrected chi connectivity index (χ1v) is 6.20. The molecular formula is C12H14N6O3. The van der Waals surface area contributed by atoms with E-state index in [0.29, 0.717) is 18.1 Å². The molecule has 0 radical (unpaired) electrons. The number of carboxylic acid groups (broad SMARTS) is 1. The molecule has 9 heteroatoms.